The number of hydrogen-bond acceptors (Lipinski definition) is 6. The van der Waals surface area contributed by atoms with Crippen LogP contribution in [0, 0.1) is 0 Å². The molecule has 3 aromatic rings. The first-order valence-corrected chi connectivity index (χ1v) is 15.3. The second-order valence-corrected chi connectivity index (χ2v) is 13.0. The largest absolute Gasteiger partial charge is 0.482 e. The molecule has 1 heterocycles. The number of halogens is 2. The predicted octanol–water partition coefficient (Wildman–Crippen LogP) is 4.27. The second kappa shape index (κ2) is 11.9. The Hall–Kier alpha value is -2.83. The summed E-state index contributed by atoms with van der Waals surface area (Å²) in [4.78, 5) is 12.4. The van der Waals surface area contributed by atoms with Gasteiger partial charge in [0.05, 0.1) is 14.8 Å². The molecule has 4 rings (SSSR count). The Morgan fingerprint density at radius 3 is 2.13 bits per heavy atom. The van der Waals surface area contributed by atoms with Gasteiger partial charge in [-0.05, 0) is 73.0 Å². The van der Waals surface area contributed by atoms with E-state index in [0.29, 0.717) is 23.8 Å². The third-order valence-electron chi connectivity index (χ3n) is 5.78. The minimum absolute atomic E-state index is 0.0200. The number of hydrogen-bond donors (Lipinski definition) is 2. The van der Waals surface area contributed by atoms with Crippen molar-refractivity contribution < 1.29 is 26.4 Å². The van der Waals surface area contributed by atoms with E-state index in [9.17, 15) is 21.6 Å². The summed E-state index contributed by atoms with van der Waals surface area (Å²) in [5.74, 6) is -0.292. The topological polar surface area (TPSA) is 122 Å². The molecule has 1 amide bonds. The third-order valence-corrected chi connectivity index (χ3v) is 9.62. The highest BCUT2D eigenvalue weighted by Gasteiger charge is 2.27. The molecule has 2 N–H and O–H groups in total. The summed E-state index contributed by atoms with van der Waals surface area (Å²) in [6, 6.07) is 16.4. The molecule has 1 fully saturated rings. The van der Waals surface area contributed by atoms with Gasteiger partial charge in [0.1, 0.15) is 5.75 Å². The molecule has 9 nitrogen and oxygen atoms in total. The fraction of sp³-hybridized carbons (Fsp3) is 0.240. The van der Waals surface area contributed by atoms with Gasteiger partial charge in [-0.1, -0.05) is 35.3 Å². The number of carbonyl (C=O) groups excluding carboxylic acids is 1. The Balaban J connectivity index is 1.29. The van der Waals surface area contributed by atoms with E-state index >= 15 is 0 Å². The Kier molecular flexibility index (Phi) is 8.84. The van der Waals surface area contributed by atoms with E-state index in [1.165, 1.54) is 46.8 Å². The van der Waals surface area contributed by atoms with Crippen LogP contribution in [0.1, 0.15) is 18.4 Å². The van der Waals surface area contributed by atoms with Gasteiger partial charge < -0.3 is 10.1 Å². The van der Waals surface area contributed by atoms with E-state index in [-0.39, 0.29) is 33.7 Å². The molecule has 1 saturated heterocycles. The predicted molar refractivity (Wildman–Crippen MR) is 145 cm³/mol. The van der Waals surface area contributed by atoms with E-state index in [1.54, 1.807) is 24.3 Å². The molecule has 0 atom stereocenters. The Morgan fingerprint density at radius 2 is 1.50 bits per heavy atom. The van der Waals surface area contributed by atoms with Crippen LogP contribution in [0.3, 0.4) is 0 Å². The van der Waals surface area contributed by atoms with Gasteiger partial charge in [-0.3, -0.25) is 9.52 Å². The molecule has 0 radical (unpaired) electrons. The van der Waals surface area contributed by atoms with Gasteiger partial charge in [-0.2, -0.15) is 4.31 Å². The van der Waals surface area contributed by atoms with Crippen LogP contribution in [0.2, 0.25) is 10.0 Å². The molecule has 0 saturated carbocycles. The number of anilines is 1. The number of nitrogens with zero attached hydrogens (tertiary/aromatic N) is 1. The summed E-state index contributed by atoms with van der Waals surface area (Å²) in [7, 11) is -7.40. The van der Waals surface area contributed by atoms with Crippen LogP contribution in [-0.4, -0.2) is 46.7 Å². The van der Waals surface area contributed by atoms with Crippen LogP contribution in [0.25, 0.3) is 0 Å². The molecule has 202 valence electrons. The van der Waals surface area contributed by atoms with Crippen molar-refractivity contribution in [3.8, 4) is 5.75 Å². The first-order valence-electron chi connectivity index (χ1n) is 11.6. The van der Waals surface area contributed by atoms with E-state index < -0.39 is 26.0 Å². The molecule has 1 aliphatic heterocycles. The molecule has 0 unspecified atom stereocenters. The second-order valence-electron chi connectivity index (χ2n) is 8.53. The van der Waals surface area contributed by atoms with Gasteiger partial charge >= 0.3 is 0 Å². The number of ether oxygens (including phenoxy) is 1. The van der Waals surface area contributed by atoms with Crippen LogP contribution in [0.15, 0.2) is 76.5 Å². The van der Waals surface area contributed by atoms with Crippen molar-refractivity contribution >= 4 is 54.8 Å². The van der Waals surface area contributed by atoms with Gasteiger partial charge in [0.2, 0.25) is 10.0 Å². The lowest BCUT2D eigenvalue weighted by Crippen LogP contribution is -2.29. The summed E-state index contributed by atoms with van der Waals surface area (Å²) in [5, 5.41) is 3.18. The summed E-state index contributed by atoms with van der Waals surface area (Å²) in [5.41, 5.74) is 1.06. The Morgan fingerprint density at radius 1 is 0.868 bits per heavy atom. The lowest BCUT2D eigenvalue weighted by Gasteiger charge is -2.15. The zero-order valence-electron chi connectivity index (χ0n) is 20.1. The quantitative estimate of drug-likeness (QED) is 0.360. The maximum absolute atomic E-state index is 12.6. The fourth-order valence-electron chi connectivity index (χ4n) is 3.75. The van der Waals surface area contributed by atoms with Crippen molar-refractivity contribution in [2.45, 2.75) is 29.2 Å². The number of sulfonamides is 2. The number of carbonyl (C=O) groups is 1. The minimum Gasteiger partial charge on any atom is -0.482 e. The first kappa shape index (κ1) is 28.2. The van der Waals surface area contributed by atoms with Gasteiger partial charge in [0, 0.05) is 30.3 Å². The van der Waals surface area contributed by atoms with Crippen LogP contribution in [0.5, 0.6) is 5.75 Å². The van der Waals surface area contributed by atoms with Gasteiger partial charge in [0.15, 0.2) is 6.61 Å². The molecular formula is C25H25Cl2N3O6S2. The standard InChI is InChI=1S/C25H25Cl2N3O6S2/c26-19-5-7-20(8-6-19)29-37(32,33)22-11-12-24(23(27)15-22)36-17-25(31)28-16-18-3-9-21(10-4-18)38(34,35)30-13-1-2-14-30/h3-12,15,29H,1-2,13-14,16-17H2,(H,28,31). The fourth-order valence-corrected chi connectivity index (χ4v) is 6.78. The van der Waals surface area contributed by atoms with E-state index in [1.807, 2.05) is 0 Å². The molecule has 0 spiro atoms. The Labute approximate surface area is 231 Å². The molecule has 13 heteroatoms. The van der Waals surface area contributed by atoms with Crippen LogP contribution in [0.4, 0.5) is 5.69 Å². The highest BCUT2D eigenvalue weighted by molar-refractivity contribution is 7.92. The van der Waals surface area contributed by atoms with Crippen molar-refractivity contribution in [3.63, 3.8) is 0 Å². The van der Waals surface area contributed by atoms with Gasteiger partial charge in [0.25, 0.3) is 15.9 Å². The molecule has 1 aliphatic rings. The van der Waals surface area contributed by atoms with E-state index in [0.717, 1.165) is 18.4 Å². The van der Waals surface area contributed by atoms with Gasteiger partial charge in [-0.15, -0.1) is 0 Å². The average Bonchev–Trinajstić information content (AvgIpc) is 3.44. The zero-order chi connectivity index (χ0) is 27.3. The number of rotatable bonds is 10. The molecule has 38 heavy (non-hydrogen) atoms. The lowest BCUT2D eigenvalue weighted by molar-refractivity contribution is -0.123. The highest BCUT2D eigenvalue weighted by atomic mass is 35.5. The van der Waals surface area contributed by atoms with Crippen molar-refractivity contribution in [2.24, 2.45) is 0 Å². The summed E-state index contributed by atoms with van der Waals surface area (Å²) in [6.07, 6.45) is 1.73. The summed E-state index contributed by atoms with van der Waals surface area (Å²) >= 11 is 12.0. The number of benzene rings is 3. The smallest absolute Gasteiger partial charge is 0.261 e. The van der Waals surface area contributed by atoms with E-state index in [4.69, 9.17) is 27.9 Å². The monoisotopic (exact) mass is 597 g/mol. The third kappa shape index (κ3) is 6.97. The summed E-state index contributed by atoms with van der Waals surface area (Å²) in [6.45, 7) is 0.885. The normalized spacial score (nSPS) is 14.3. The van der Waals surface area contributed by atoms with Crippen molar-refractivity contribution in [1.82, 2.24) is 9.62 Å². The average molecular weight is 599 g/mol. The lowest BCUT2D eigenvalue weighted by atomic mass is 10.2. The van der Waals surface area contributed by atoms with Crippen LogP contribution >= 0.6 is 23.2 Å². The molecular weight excluding hydrogens is 573 g/mol. The molecule has 3 aromatic carbocycles. The van der Waals surface area contributed by atoms with Crippen LogP contribution < -0.4 is 14.8 Å². The maximum Gasteiger partial charge on any atom is 0.261 e. The first-order chi connectivity index (χ1) is 18.0. The Bertz CT molecular complexity index is 1510. The zero-order valence-corrected chi connectivity index (χ0v) is 23.2. The summed E-state index contributed by atoms with van der Waals surface area (Å²) < 4.78 is 59.9. The van der Waals surface area contributed by atoms with Crippen molar-refractivity contribution in [2.75, 3.05) is 24.4 Å². The minimum atomic E-state index is -3.91. The number of nitrogens with one attached hydrogen (secondary N) is 2. The highest BCUT2D eigenvalue weighted by Crippen LogP contribution is 2.28. The number of amides is 1. The SMILES string of the molecule is O=C(COc1ccc(S(=O)(=O)Nc2ccc(Cl)cc2)cc1Cl)NCc1ccc(S(=O)(=O)N2CCCC2)cc1. The van der Waals surface area contributed by atoms with Crippen LogP contribution in [-0.2, 0) is 31.4 Å². The molecule has 0 aromatic heterocycles. The van der Waals surface area contributed by atoms with Crippen molar-refractivity contribution in [1.29, 1.82) is 0 Å². The van der Waals surface area contributed by atoms with Gasteiger partial charge in [-0.25, -0.2) is 16.8 Å². The maximum atomic E-state index is 12.6. The van der Waals surface area contributed by atoms with E-state index in [2.05, 4.69) is 10.0 Å². The molecule has 0 aliphatic carbocycles. The van der Waals surface area contributed by atoms with Crippen molar-refractivity contribution in [3.05, 3.63) is 82.3 Å². The molecule has 0 bridgehead atoms.